The molecule has 9 heteroatoms. The number of rotatable bonds is 10. The molecule has 4 nitrogen and oxygen atoms in total. The summed E-state index contributed by atoms with van der Waals surface area (Å²) in [5, 5.41) is 6.42. The van der Waals surface area contributed by atoms with Crippen molar-refractivity contribution >= 4 is 41.7 Å². The van der Waals surface area contributed by atoms with E-state index in [4.69, 9.17) is 4.74 Å². The summed E-state index contributed by atoms with van der Waals surface area (Å²) in [5.41, 5.74) is 0.791. The Hall–Kier alpha value is -0.840. The fourth-order valence-electron chi connectivity index (χ4n) is 1.99. The van der Waals surface area contributed by atoms with Gasteiger partial charge in [0.2, 0.25) is 0 Å². The summed E-state index contributed by atoms with van der Waals surface area (Å²) in [6, 6.07) is 6.57. The summed E-state index contributed by atoms with van der Waals surface area (Å²) in [6.45, 7) is 2.63. The SMILES string of the molecule is CCNC(=NCc1cccc(OCC(F)(F)F)c1)NCCCCSC.I. The Bertz CT molecular complexity index is 530. The van der Waals surface area contributed by atoms with Gasteiger partial charge in [-0.3, -0.25) is 0 Å². The topological polar surface area (TPSA) is 45.7 Å². The first-order chi connectivity index (χ1) is 11.9. The number of guanidine groups is 1. The number of thioether (sulfide) groups is 1. The van der Waals surface area contributed by atoms with Gasteiger partial charge in [-0.1, -0.05) is 12.1 Å². The van der Waals surface area contributed by atoms with Crippen LogP contribution in [0.3, 0.4) is 0 Å². The molecule has 0 amide bonds. The lowest BCUT2D eigenvalue weighted by molar-refractivity contribution is -0.153. The van der Waals surface area contributed by atoms with Crippen molar-refractivity contribution in [1.82, 2.24) is 10.6 Å². The van der Waals surface area contributed by atoms with Gasteiger partial charge in [0, 0.05) is 13.1 Å². The van der Waals surface area contributed by atoms with Crippen LogP contribution in [0.15, 0.2) is 29.3 Å². The minimum Gasteiger partial charge on any atom is -0.484 e. The highest BCUT2D eigenvalue weighted by Gasteiger charge is 2.28. The van der Waals surface area contributed by atoms with Crippen molar-refractivity contribution < 1.29 is 17.9 Å². The van der Waals surface area contributed by atoms with Crippen molar-refractivity contribution in [3.05, 3.63) is 29.8 Å². The monoisotopic (exact) mass is 505 g/mol. The van der Waals surface area contributed by atoms with E-state index < -0.39 is 12.8 Å². The number of nitrogens with zero attached hydrogens (tertiary/aromatic N) is 1. The van der Waals surface area contributed by atoms with Gasteiger partial charge in [-0.05, 0) is 49.5 Å². The number of hydrogen-bond acceptors (Lipinski definition) is 3. The lowest BCUT2D eigenvalue weighted by Gasteiger charge is -2.12. The number of halogens is 4. The lowest BCUT2D eigenvalue weighted by Crippen LogP contribution is -2.37. The Morgan fingerprint density at radius 1 is 1.23 bits per heavy atom. The number of nitrogens with one attached hydrogen (secondary N) is 2. The lowest BCUT2D eigenvalue weighted by atomic mass is 10.2. The highest BCUT2D eigenvalue weighted by atomic mass is 127. The summed E-state index contributed by atoms with van der Waals surface area (Å²) in [4.78, 5) is 4.46. The molecule has 0 saturated heterocycles. The average Bonchev–Trinajstić information content (AvgIpc) is 2.57. The number of aliphatic imine (C=N–C) groups is 1. The number of benzene rings is 1. The van der Waals surface area contributed by atoms with Gasteiger partial charge >= 0.3 is 6.18 Å². The van der Waals surface area contributed by atoms with E-state index in [1.807, 2.05) is 24.8 Å². The minimum absolute atomic E-state index is 0. The van der Waals surface area contributed by atoms with Crippen LogP contribution in [-0.4, -0.2) is 43.8 Å². The van der Waals surface area contributed by atoms with Crippen molar-refractivity contribution in [1.29, 1.82) is 0 Å². The van der Waals surface area contributed by atoms with Crippen LogP contribution in [0.1, 0.15) is 25.3 Å². The minimum atomic E-state index is -4.34. The molecule has 150 valence electrons. The van der Waals surface area contributed by atoms with Gasteiger partial charge in [0.05, 0.1) is 6.54 Å². The Labute approximate surface area is 174 Å². The predicted octanol–water partition coefficient (Wildman–Crippen LogP) is 4.44. The molecule has 0 radical (unpaired) electrons. The van der Waals surface area contributed by atoms with Crippen molar-refractivity contribution in [3.63, 3.8) is 0 Å². The van der Waals surface area contributed by atoms with Crippen LogP contribution in [0.25, 0.3) is 0 Å². The molecule has 0 spiro atoms. The molecule has 2 N–H and O–H groups in total. The Morgan fingerprint density at radius 2 is 2.00 bits per heavy atom. The normalized spacial score (nSPS) is 11.7. The Balaban J connectivity index is 0.00000625. The first kappa shape index (κ1) is 25.2. The molecular formula is C17H27F3IN3OS. The molecule has 1 rings (SSSR count). The highest BCUT2D eigenvalue weighted by molar-refractivity contribution is 14.0. The third-order valence-corrected chi connectivity index (χ3v) is 3.83. The van der Waals surface area contributed by atoms with Gasteiger partial charge in [0.25, 0.3) is 0 Å². The predicted molar refractivity (Wildman–Crippen MR) is 114 cm³/mol. The maximum atomic E-state index is 12.2. The molecular weight excluding hydrogens is 478 g/mol. The highest BCUT2D eigenvalue weighted by Crippen LogP contribution is 2.19. The van der Waals surface area contributed by atoms with Crippen molar-refractivity contribution in [2.75, 3.05) is 31.7 Å². The van der Waals surface area contributed by atoms with Crippen LogP contribution in [-0.2, 0) is 6.54 Å². The van der Waals surface area contributed by atoms with Crippen molar-refractivity contribution in [3.8, 4) is 5.75 Å². The smallest absolute Gasteiger partial charge is 0.422 e. The molecule has 0 heterocycles. The van der Waals surface area contributed by atoms with Gasteiger partial charge in [0.1, 0.15) is 5.75 Å². The number of hydrogen-bond donors (Lipinski definition) is 2. The first-order valence-electron chi connectivity index (χ1n) is 8.24. The molecule has 0 aliphatic rings. The van der Waals surface area contributed by atoms with Crippen LogP contribution in [0, 0.1) is 0 Å². The maximum Gasteiger partial charge on any atom is 0.422 e. The van der Waals surface area contributed by atoms with Gasteiger partial charge in [-0.2, -0.15) is 24.9 Å². The Morgan fingerprint density at radius 3 is 2.65 bits per heavy atom. The molecule has 0 aliphatic carbocycles. The second-order valence-electron chi connectivity index (χ2n) is 5.37. The molecule has 1 aromatic carbocycles. The van der Waals surface area contributed by atoms with E-state index in [9.17, 15) is 13.2 Å². The van der Waals surface area contributed by atoms with E-state index in [0.29, 0.717) is 12.5 Å². The van der Waals surface area contributed by atoms with Crippen LogP contribution in [0.2, 0.25) is 0 Å². The van der Waals surface area contributed by atoms with Crippen LogP contribution in [0.5, 0.6) is 5.75 Å². The molecule has 0 bridgehead atoms. The molecule has 0 atom stereocenters. The van der Waals surface area contributed by atoms with E-state index in [0.717, 1.165) is 37.2 Å². The molecule has 0 unspecified atom stereocenters. The maximum absolute atomic E-state index is 12.2. The summed E-state index contributed by atoms with van der Waals surface area (Å²) in [5.74, 6) is 2.04. The Kier molecular flexibility index (Phi) is 13.8. The van der Waals surface area contributed by atoms with Gasteiger partial charge < -0.3 is 15.4 Å². The molecule has 0 aromatic heterocycles. The molecule has 0 fully saturated rings. The van der Waals surface area contributed by atoms with Gasteiger partial charge in [-0.15, -0.1) is 24.0 Å². The molecule has 0 aliphatic heterocycles. The van der Waals surface area contributed by atoms with Crippen LogP contribution >= 0.6 is 35.7 Å². The molecule has 26 heavy (non-hydrogen) atoms. The van der Waals surface area contributed by atoms with Crippen LogP contribution < -0.4 is 15.4 Å². The third-order valence-electron chi connectivity index (χ3n) is 3.13. The van der Waals surface area contributed by atoms with E-state index in [-0.39, 0.29) is 29.7 Å². The van der Waals surface area contributed by atoms with Crippen molar-refractivity contribution in [2.45, 2.75) is 32.5 Å². The summed E-state index contributed by atoms with van der Waals surface area (Å²) in [6.07, 6.45) is -0.0454. The molecule has 0 saturated carbocycles. The quantitative estimate of drug-likeness (QED) is 0.214. The first-order valence-corrected chi connectivity index (χ1v) is 9.63. The number of ether oxygens (including phenoxy) is 1. The summed E-state index contributed by atoms with van der Waals surface area (Å²) >= 11 is 1.83. The van der Waals surface area contributed by atoms with Gasteiger partial charge in [0.15, 0.2) is 12.6 Å². The molecule has 1 aromatic rings. The number of alkyl halides is 3. The van der Waals surface area contributed by atoms with E-state index >= 15 is 0 Å². The largest absolute Gasteiger partial charge is 0.484 e. The standard InChI is InChI=1S/C17H26F3N3OS.HI/c1-3-21-16(22-9-4-5-10-25-2)23-12-14-7-6-8-15(11-14)24-13-17(18,19)20;/h6-8,11H,3-5,9-10,12-13H2,1-2H3,(H2,21,22,23);1H. The summed E-state index contributed by atoms with van der Waals surface area (Å²) in [7, 11) is 0. The zero-order valence-corrected chi connectivity index (χ0v) is 18.2. The second-order valence-corrected chi connectivity index (χ2v) is 6.36. The van der Waals surface area contributed by atoms with E-state index in [1.165, 1.54) is 6.07 Å². The summed E-state index contributed by atoms with van der Waals surface area (Å²) < 4.78 is 41.4. The second kappa shape index (κ2) is 14.2. The zero-order chi connectivity index (χ0) is 18.5. The van der Waals surface area contributed by atoms with Gasteiger partial charge in [-0.25, -0.2) is 4.99 Å². The third kappa shape index (κ3) is 12.5. The average molecular weight is 505 g/mol. The number of unbranched alkanes of at least 4 members (excludes halogenated alkanes) is 1. The fraction of sp³-hybridized carbons (Fsp3) is 0.588. The van der Waals surface area contributed by atoms with E-state index in [1.54, 1.807) is 12.1 Å². The zero-order valence-electron chi connectivity index (χ0n) is 15.1. The van der Waals surface area contributed by atoms with Crippen LogP contribution in [0.4, 0.5) is 13.2 Å². The van der Waals surface area contributed by atoms with Crippen molar-refractivity contribution in [2.24, 2.45) is 4.99 Å². The van der Waals surface area contributed by atoms with E-state index in [2.05, 4.69) is 21.9 Å². The fourth-order valence-corrected chi connectivity index (χ4v) is 2.48.